The van der Waals surface area contributed by atoms with E-state index in [1.807, 2.05) is 19.4 Å². The molecule has 0 N–H and O–H groups in total. The maximum atomic E-state index is 6.02. The minimum atomic E-state index is -1.78. The van der Waals surface area contributed by atoms with Crippen LogP contribution in [0, 0.1) is 6.42 Å². The minimum Gasteiger partial charge on any atom is -0.0915 e. The molecule has 0 aromatic heterocycles. The quantitative estimate of drug-likeness (QED) is 0.654. The molecule has 0 fully saturated rings. The predicted molar refractivity (Wildman–Crippen MR) is 69.2 cm³/mol. The van der Waals surface area contributed by atoms with Gasteiger partial charge in [0.05, 0.1) is 0 Å². The molecule has 0 unspecified atom stereocenters. The Hall–Kier alpha value is 0.670. The molecule has 0 aliphatic carbocycles. The number of rotatable bonds is 2. The van der Waals surface area contributed by atoms with Gasteiger partial charge in [-0.25, -0.2) is 0 Å². The summed E-state index contributed by atoms with van der Waals surface area (Å²) in [5, 5.41) is 0. The van der Waals surface area contributed by atoms with Crippen LogP contribution in [0.5, 0.6) is 0 Å². The average molecular weight is 305 g/mol. The summed E-state index contributed by atoms with van der Waals surface area (Å²) in [6.45, 7) is 1.90. The van der Waals surface area contributed by atoms with Crippen molar-refractivity contribution in [1.82, 2.24) is 0 Å². The first-order valence-corrected chi connectivity index (χ1v) is 6.02. The molecule has 1 aromatic carbocycles. The highest BCUT2D eigenvalue weighted by Crippen LogP contribution is 2.52. The SMILES string of the molecule is C[CH]c1cccc(C(Cl)(Cl)C(Cl)(Cl)Cl)c1. The fourth-order valence-corrected chi connectivity index (χ4v) is 1.64. The van der Waals surface area contributed by atoms with E-state index in [9.17, 15) is 0 Å². The highest BCUT2D eigenvalue weighted by atomic mass is 35.6. The van der Waals surface area contributed by atoms with Crippen LogP contribution < -0.4 is 0 Å². The molecule has 83 valence electrons. The summed E-state index contributed by atoms with van der Waals surface area (Å²) >= 11 is 29.2. The van der Waals surface area contributed by atoms with Crippen LogP contribution in [0.4, 0.5) is 0 Å². The van der Waals surface area contributed by atoms with E-state index in [4.69, 9.17) is 58.0 Å². The van der Waals surface area contributed by atoms with Gasteiger partial charge in [0.15, 0.2) is 4.33 Å². The van der Waals surface area contributed by atoms with Crippen LogP contribution in [0.25, 0.3) is 0 Å². The predicted octanol–water partition coefficient (Wildman–Crippen LogP) is 5.26. The Morgan fingerprint density at radius 1 is 1.07 bits per heavy atom. The molecule has 0 aliphatic rings. The third-order valence-electron chi connectivity index (χ3n) is 1.94. The van der Waals surface area contributed by atoms with Crippen molar-refractivity contribution in [2.24, 2.45) is 0 Å². The molecule has 1 aromatic rings. The lowest BCUT2D eigenvalue weighted by atomic mass is 10.1. The summed E-state index contributed by atoms with van der Waals surface area (Å²) in [7, 11) is 0. The van der Waals surface area contributed by atoms with Gasteiger partial charge in [-0.1, -0.05) is 89.2 Å². The maximum Gasteiger partial charge on any atom is 0.227 e. The van der Waals surface area contributed by atoms with E-state index in [2.05, 4.69) is 0 Å². The Morgan fingerprint density at radius 2 is 1.67 bits per heavy atom. The summed E-state index contributed by atoms with van der Waals surface area (Å²) in [5.41, 5.74) is 1.52. The third kappa shape index (κ3) is 3.08. The first kappa shape index (κ1) is 13.7. The molecule has 0 saturated carbocycles. The van der Waals surface area contributed by atoms with E-state index >= 15 is 0 Å². The highest BCUT2D eigenvalue weighted by molar-refractivity contribution is 6.75. The van der Waals surface area contributed by atoms with Gasteiger partial charge in [0.25, 0.3) is 0 Å². The molecule has 0 bridgehead atoms. The molecule has 15 heavy (non-hydrogen) atoms. The molecular weight excluding hydrogens is 297 g/mol. The normalized spacial score (nSPS) is 12.9. The van der Waals surface area contributed by atoms with E-state index in [0.29, 0.717) is 5.56 Å². The van der Waals surface area contributed by atoms with Crippen LogP contribution in [0.1, 0.15) is 18.1 Å². The molecule has 0 spiro atoms. The summed E-state index contributed by atoms with van der Waals surface area (Å²) in [5.74, 6) is 0. The lowest BCUT2D eigenvalue weighted by molar-refractivity contribution is 0.876. The summed E-state index contributed by atoms with van der Waals surface area (Å²) in [6, 6.07) is 7.21. The molecule has 0 saturated heterocycles. The van der Waals surface area contributed by atoms with E-state index in [1.54, 1.807) is 18.2 Å². The Morgan fingerprint density at radius 3 is 2.13 bits per heavy atom. The van der Waals surface area contributed by atoms with Gasteiger partial charge in [-0.15, -0.1) is 0 Å². The van der Waals surface area contributed by atoms with Crippen molar-refractivity contribution < 1.29 is 0 Å². The largest absolute Gasteiger partial charge is 0.227 e. The fourth-order valence-electron chi connectivity index (χ4n) is 1.08. The second-order valence-corrected chi connectivity index (χ2v) is 6.59. The number of halogens is 5. The topological polar surface area (TPSA) is 0 Å². The lowest BCUT2D eigenvalue weighted by Gasteiger charge is -2.28. The zero-order valence-electron chi connectivity index (χ0n) is 7.78. The van der Waals surface area contributed by atoms with Crippen molar-refractivity contribution in [2.45, 2.75) is 15.0 Å². The monoisotopic (exact) mass is 303 g/mol. The first-order valence-electron chi connectivity index (χ1n) is 4.13. The number of hydrogen-bond acceptors (Lipinski definition) is 0. The van der Waals surface area contributed by atoms with Crippen LogP contribution in [-0.2, 0) is 4.33 Å². The van der Waals surface area contributed by atoms with E-state index in [1.165, 1.54) is 0 Å². The molecule has 1 rings (SSSR count). The zero-order chi connectivity index (χ0) is 11.7. The maximum absolute atomic E-state index is 6.02. The molecule has 0 amide bonds. The number of hydrogen-bond donors (Lipinski definition) is 0. The summed E-state index contributed by atoms with van der Waals surface area (Å²) < 4.78 is -3.33. The minimum absolute atomic E-state index is 0.557. The van der Waals surface area contributed by atoms with Crippen molar-refractivity contribution in [1.29, 1.82) is 0 Å². The average Bonchev–Trinajstić information content (AvgIpc) is 2.16. The molecule has 1 radical (unpaired) electrons. The second-order valence-electron chi connectivity index (χ2n) is 2.99. The van der Waals surface area contributed by atoms with Crippen molar-refractivity contribution in [3.63, 3.8) is 0 Å². The molecule has 0 aliphatic heterocycles. The van der Waals surface area contributed by atoms with Crippen molar-refractivity contribution in [3.8, 4) is 0 Å². The second kappa shape index (κ2) is 4.89. The van der Waals surface area contributed by atoms with Gasteiger partial charge in [-0.2, -0.15) is 0 Å². The number of alkyl halides is 5. The van der Waals surface area contributed by atoms with Crippen LogP contribution in [0.2, 0.25) is 0 Å². The fraction of sp³-hybridized carbons (Fsp3) is 0.300. The van der Waals surface area contributed by atoms with E-state index in [-0.39, 0.29) is 0 Å². The van der Waals surface area contributed by atoms with Gasteiger partial charge in [-0.05, 0) is 17.5 Å². The van der Waals surface area contributed by atoms with Gasteiger partial charge in [-0.3, -0.25) is 0 Å². The molecule has 0 heterocycles. The molecule has 5 heteroatoms. The highest BCUT2D eigenvalue weighted by Gasteiger charge is 2.47. The Balaban J connectivity index is 3.15. The lowest BCUT2D eigenvalue weighted by Crippen LogP contribution is -2.28. The van der Waals surface area contributed by atoms with Gasteiger partial charge < -0.3 is 0 Å². The van der Waals surface area contributed by atoms with Crippen molar-refractivity contribution >= 4 is 58.0 Å². The smallest absolute Gasteiger partial charge is 0.0915 e. The zero-order valence-corrected chi connectivity index (χ0v) is 11.6. The molecular formula is C10H8Cl5. The first-order chi connectivity index (χ1) is 6.79. The van der Waals surface area contributed by atoms with Crippen LogP contribution >= 0.6 is 58.0 Å². The van der Waals surface area contributed by atoms with Gasteiger partial charge in [0.1, 0.15) is 0 Å². The van der Waals surface area contributed by atoms with Crippen LogP contribution in [-0.4, -0.2) is 3.79 Å². The Labute approximate surface area is 114 Å². The van der Waals surface area contributed by atoms with E-state index in [0.717, 1.165) is 5.56 Å². The van der Waals surface area contributed by atoms with Gasteiger partial charge in [0.2, 0.25) is 3.79 Å². The van der Waals surface area contributed by atoms with Gasteiger partial charge in [0, 0.05) is 0 Å². The Kier molecular flexibility index (Phi) is 4.48. The van der Waals surface area contributed by atoms with Crippen LogP contribution in [0.3, 0.4) is 0 Å². The molecule has 0 nitrogen and oxygen atoms in total. The molecule has 0 atom stereocenters. The van der Waals surface area contributed by atoms with Gasteiger partial charge >= 0.3 is 0 Å². The summed E-state index contributed by atoms with van der Waals surface area (Å²) in [6.07, 6.45) is 1.91. The van der Waals surface area contributed by atoms with Crippen molar-refractivity contribution in [2.75, 3.05) is 0 Å². The Bertz CT molecular complexity index is 340. The van der Waals surface area contributed by atoms with Crippen LogP contribution in [0.15, 0.2) is 24.3 Å². The van der Waals surface area contributed by atoms with E-state index < -0.39 is 8.13 Å². The third-order valence-corrected chi connectivity index (χ3v) is 4.37. The number of benzene rings is 1. The standard InChI is InChI=1S/C10H8Cl5/c1-2-7-4-3-5-8(6-7)9(11,12)10(13,14)15/h2-6H,1H3. The summed E-state index contributed by atoms with van der Waals surface area (Å²) in [4.78, 5) is 0. The van der Waals surface area contributed by atoms with Crippen molar-refractivity contribution in [3.05, 3.63) is 41.8 Å².